The Morgan fingerprint density at radius 2 is 2.00 bits per heavy atom. The van der Waals surface area contributed by atoms with Gasteiger partial charge in [-0.05, 0) is 31.5 Å². The van der Waals surface area contributed by atoms with Crippen LogP contribution < -0.4 is 0 Å². The van der Waals surface area contributed by atoms with Crippen LogP contribution in [0.3, 0.4) is 0 Å². The maximum atomic E-state index is 10.6. The van der Waals surface area contributed by atoms with Crippen LogP contribution in [0.5, 0.6) is 5.75 Å². The quantitative estimate of drug-likeness (QED) is 0.677. The van der Waals surface area contributed by atoms with E-state index in [1.807, 2.05) is 0 Å². The average Bonchev–Trinajstić information content (AvgIpc) is 2.01. The monoisotopic (exact) mass is 180 g/mol. The predicted octanol–water partition coefficient (Wildman–Crippen LogP) is 1.43. The van der Waals surface area contributed by atoms with Crippen LogP contribution in [0, 0.1) is 0 Å². The Hall–Kier alpha value is -1.35. The summed E-state index contributed by atoms with van der Waals surface area (Å²) in [6.07, 6.45) is 0.618. The molecule has 0 fully saturated rings. The smallest absolute Gasteiger partial charge is 0.150 e. The zero-order valence-electron chi connectivity index (χ0n) is 7.61. The van der Waals surface area contributed by atoms with E-state index in [1.54, 1.807) is 19.9 Å². The summed E-state index contributed by atoms with van der Waals surface area (Å²) in [6.45, 7) is 3.18. The highest BCUT2D eigenvalue weighted by atomic mass is 16.3. The number of benzene rings is 1. The SMILES string of the molecule is CC(C)(O)c1ccc(O)cc1C=O. The molecule has 3 heteroatoms. The van der Waals surface area contributed by atoms with E-state index in [0.29, 0.717) is 17.4 Å². The maximum absolute atomic E-state index is 10.6. The summed E-state index contributed by atoms with van der Waals surface area (Å²) in [5.41, 5.74) is -0.239. The number of hydrogen-bond acceptors (Lipinski definition) is 3. The topological polar surface area (TPSA) is 57.5 Å². The van der Waals surface area contributed by atoms with Gasteiger partial charge in [0.05, 0.1) is 5.60 Å². The van der Waals surface area contributed by atoms with Crippen LogP contribution in [0.25, 0.3) is 0 Å². The number of carbonyl (C=O) groups excluding carboxylic acids is 1. The molecule has 0 heterocycles. The molecule has 2 N–H and O–H groups in total. The van der Waals surface area contributed by atoms with Crippen molar-refractivity contribution in [1.29, 1.82) is 0 Å². The van der Waals surface area contributed by atoms with Crippen molar-refractivity contribution < 1.29 is 15.0 Å². The molecule has 3 nitrogen and oxygen atoms in total. The molecule has 0 unspecified atom stereocenters. The normalized spacial score (nSPS) is 11.3. The van der Waals surface area contributed by atoms with Gasteiger partial charge in [-0.15, -0.1) is 0 Å². The van der Waals surface area contributed by atoms with Gasteiger partial charge in [0.2, 0.25) is 0 Å². The molecule has 0 spiro atoms. The van der Waals surface area contributed by atoms with E-state index >= 15 is 0 Å². The molecule has 0 radical (unpaired) electrons. The summed E-state index contributed by atoms with van der Waals surface area (Å²) in [7, 11) is 0. The lowest BCUT2D eigenvalue weighted by Gasteiger charge is -2.19. The number of aldehydes is 1. The van der Waals surface area contributed by atoms with E-state index in [0.717, 1.165) is 0 Å². The Kier molecular flexibility index (Phi) is 2.38. The van der Waals surface area contributed by atoms with E-state index in [2.05, 4.69) is 0 Å². The molecular formula is C10H12O3. The van der Waals surface area contributed by atoms with E-state index < -0.39 is 5.60 Å². The molecule has 0 saturated heterocycles. The molecule has 0 aliphatic carbocycles. The van der Waals surface area contributed by atoms with Gasteiger partial charge in [-0.3, -0.25) is 4.79 Å². The van der Waals surface area contributed by atoms with Crippen molar-refractivity contribution in [3.05, 3.63) is 29.3 Å². The van der Waals surface area contributed by atoms with Gasteiger partial charge in [0.1, 0.15) is 5.75 Å². The second-order valence-corrected chi connectivity index (χ2v) is 3.45. The van der Waals surface area contributed by atoms with Crippen LogP contribution in [-0.2, 0) is 5.60 Å². The average molecular weight is 180 g/mol. The highest BCUT2D eigenvalue weighted by Gasteiger charge is 2.19. The number of phenols is 1. The molecule has 1 aromatic rings. The molecule has 0 aliphatic rings. The lowest BCUT2D eigenvalue weighted by Crippen LogP contribution is -2.17. The van der Waals surface area contributed by atoms with Crippen molar-refractivity contribution in [3.8, 4) is 5.75 Å². The van der Waals surface area contributed by atoms with Crippen molar-refractivity contribution in [2.75, 3.05) is 0 Å². The summed E-state index contributed by atoms with van der Waals surface area (Å²) >= 11 is 0. The zero-order chi connectivity index (χ0) is 10.1. The fourth-order valence-electron chi connectivity index (χ4n) is 1.20. The third kappa shape index (κ3) is 2.06. The summed E-state index contributed by atoms with van der Waals surface area (Å²) < 4.78 is 0. The summed E-state index contributed by atoms with van der Waals surface area (Å²) in [5, 5.41) is 18.7. The van der Waals surface area contributed by atoms with Crippen LogP contribution in [0.1, 0.15) is 29.8 Å². The van der Waals surface area contributed by atoms with E-state index in [1.165, 1.54) is 12.1 Å². The first-order chi connectivity index (χ1) is 5.95. The lowest BCUT2D eigenvalue weighted by atomic mass is 9.94. The summed E-state index contributed by atoms with van der Waals surface area (Å²) in [4.78, 5) is 10.6. The molecule has 1 rings (SSSR count). The number of aliphatic hydroxyl groups is 1. The van der Waals surface area contributed by atoms with E-state index in [4.69, 9.17) is 5.11 Å². The third-order valence-electron chi connectivity index (χ3n) is 1.82. The molecule has 1 aromatic carbocycles. The number of rotatable bonds is 2. The van der Waals surface area contributed by atoms with Gasteiger partial charge in [-0.1, -0.05) is 6.07 Å². The van der Waals surface area contributed by atoms with Gasteiger partial charge in [0.25, 0.3) is 0 Å². The van der Waals surface area contributed by atoms with Crippen LogP contribution in [-0.4, -0.2) is 16.5 Å². The Labute approximate surface area is 76.6 Å². The highest BCUT2D eigenvalue weighted by Crippen LogP contribution is 2.25. The molecule has 70 valence electrons. The molecule has 13 heavy (non-hydrogen) atoms. The Bertz CT molecular complexity index is 323. The molecular weight excluding hydrogens is 168 g/mol. The Morgan fingerprint density at radius 3 is 2.46 bits per heavy atom. The zero-order valence-corrected chi connectivity index (χ0v) is 7.61. The van der Waals surface area contributed by atoms with Gasteiger partial charge in [-0.25, -0.2) is 0 Å². The fourth-order valence-corrected chi connectivity index (χ4v) is 1.20. The Morgan fingerprint density at radius 1 is 1.38 bits per heavy atom. The second kappa shape index (κ2) is 3.18. The number of aromatic hydroxyl groups is 1. The standard InChI is InChI=1S/C10H12O3/c1-10(2,13)9-4-3-8(12)5-7(9)6-11/h3-6,12-13H,1-2H3. The van der Waals surface area contributed by atoms with E-state index in [9.17, 15) is 9.90 Å². The molecule has 0 aromatic heterocycles. The molecule has 0 saturated carbocycles. The van der Waals surface area contributed by atoms with Crippen molar-refractivity contribution >= 4 is 6.29 Å². The third-order valence-corrected chi connectivity index (χ3v) is 1.82. The Balaban J connectivity index is 3.29. The molecule has 0 atom stereocenters. The minimum absolute atomic E-state index is 0.0232. The predicted molar refractivity (Wildman–Crippen MR) is 48.7 cm³/mol. The van der Waals surface area contributed by atoms with Crippen molar-refractivity contribution in [3.63, 3.8) is 0 Å². The van der Waals surface area contributed by atoms with Crippen LogP contribution in [0.2, 0.25) is 0 Å². The number of carbonyl (C=O) groups is 1. The van der Waals surface area contributed by atoms with E-state index in [-0.39, 0.29) is 5.75 Å². The lowest BCUT2D eigenvalue weighted by molar-refractivity contribution is 0.0767. The highest BCUT2D eigenvalue weighted by molar-refractivity contribution is 5.78. The van der Waals surface area contributed by atoms with Gasteiger partial charge >= 0.3 is 0 Å². The first kappa shape index (κ1) is 9.74. The number of phenolic OH excluding ortho intramolecular Hbond substituents is 1. The van der Waals surface area contributed by atoms with Crippen LogP contribution in [0.15, 0.2) is 18.2 Å². The summed E-state index contributed by atoms with van der Waals surface area (Å²) in [6, 6.07) is 4.32. The fraction of sp³-hybridized carbons (Fsp3) is 0.300. The van der Waals surface area contributed by atoms with Crippen molar-refractivity contribution in [1.82, 2.24) is 0 Å². The van der Waals surface area contributed by atoms with Gasteiger partial charge in [0.15, 0.2) is 6.29 Å². The first-order valence-corrected chi connectivity index (χ1v) is 3.96. The minimum atomic E-state index is -1.07. The number of hydrogen-bond donors (Lipinski definition) is 2. The van der Waals surface area contributed by atoms with Crippen molar-refractivity contribution in [2.45, 2.75) is 19.4 Å². The summed E-state index contributed by atoms with van der Waals surface area (Å²) in [5.74, 6) is 0.0232. The minimum Gasteiger partial charge on any atom is -0.508 e. The first-order valence-electron chi connectivity index (χ1n) is 3.96. The maximum Gasteiger partial charge on any atom is 0.150 e. The van der Waals surface area contributed by atoms with Crippen molar-refractivity contribution in [2.24, 2.45) is 0 Å². The van der Waals surface area contributed by atoms with Crippen LogP contribution >= 0.6 is 0 Å². The van der Waals surface area contributed by atoms with Gasteiger partial charge in [0, 0.05) is 5.56 Å². The van der Waals surface area contributed by atoms with Gasteiger partial charge in [-0.2, -0.15) is 0 Å². The van der Waals surface area contributed by atoms with Gasteiger partial charge < -0.3 is 10.2 Å². The molecule has 0 bridgehead atoms. The molecule has 0 amide bonds. The van der Waals surface area contributed by atoms with Crippen LogP contribution in [0.4, 0.5) is 0 Å². The molecule has 0 aliphatic heterocycles. The second-order valence-electron chi connectivity index (χ2n) is 3.45. The largest absolute Gasteiger partial charge is 0.508 e.